The molecule has 12 heavy (non-hydrogen) atoms. The summed E-state index contributed by atoms with van der Waals surface area (Å²) >= 11 is 0. The van der Waals surface area contributed by atoms with Crippen LogP contribution >= 0.6 is 0 Å². The van der Waals surface area contributed by atoms with Gasteiger partial charge in [0, 0.05) is 6.61 Å². The molecule has 0 aromatic rings. The third-order valence-electron chi connectivity index (χ3n) is 3.96. The third kappa shape index (κ3) is 1.82. The Hall–Kier alpha value is -0.0400. The zero-order chi connectivity index (χ0) is 10.2. The Bertz CT molecular complexity index is 149. The number of hydrogen-bond donors (Lipinski definition) is 1. The van der Waals surface area contributed by atoms with Crippen LogP contribution in [0.15, 0.2) is 0 Å². The molecular weight excluding hydrogens is 148 g/mol. The van der Waals surface area contributed by atoms with Gasteiger partial charge in [-0.05, 0) is 16.2 Å². The van der Waals surface area contributed by atoms with E-state index in [1.807, 2.05) is 0 Å². The highest BCUT2D eigenvalue weighted by molar-refractivity contribution is 4.93. The lowest BCUT2D eigenvalue weighted by atomic mass is 9.56. The zero-order valence-electron chi connectivity index (χ0n) is 9.65. The Morgan fingerprint density at radius 1 is 0.833 bits per heavy atom. The van der Waals surface area contributed by atoms with Gasteiger partial charge in [0.1, 0.15) is 0 Å². The summed E-state index contributed by atoms with van der Waals surface area (Å²) in [6, 6.07) is 0. The SMILES string of the molecule is CC(C)(C)C(C)(C)C(C)(C)CO. The van der Waals surface area contributed by atoms with E-state index in [1.54, 1.807) is 0 Å². The van der Waals surface area contributed by atoms with E-state index in [0.717, 1.165) is 0 Å². The first-order valence-corrected chi connectivity index (χ1v) is 4.67. The molecule has 0 amide bonds. The highest BCUT2D eigenvalue weighted by Crippen LogP contribution is 2.50. The summed E-state index contributed by atoms with van der Waals surface area (Å²) in [7, 11) is 0. The van der Waals surface area contributed by atoms with Gasteiger partial charge in [-0.15, -0.1) is 0 Å². The van der Waals surface area contributed by atoms with Crippen molar-refractivity contribution in [3.05, 3.63) is 0 Å². The minimum Gasteiger partial charge on any atom is -0.396 e. The van der Waals surface area contributed by atoms with Gasteiger partial charge in [0.05, 0.1) is 0 Å². The largest absolute Gasteiger partial charge is 0.396 e. The Labute approximate surface area is 77.2 Å². The summed E-state index contributed by atoms with van der Waals surface area (Å²) in [5.41, 5.74) is 0.333. The smallest absolute Gasteiger partial charge is 0.0487 e. The molecule has 1 heteroatoms. The van der Waals surface area contributed by atoms with E-state index in [-0.39, 0.29) is 22.9 Å². The van der Waals surface area contributed by atoms with E-state index in [0.29, 0.717) is 0 Å². The van der Waals surface area contributed by atoms with Crippen LogP contribution in [0, 0.1) is 16.2 Å². The normalized spacial score (nSPS) is 15.0. The first-order chi connectivity index (χ1) is 5.06. The minimum atomic E-state index is -0.0226. The Morgan fingerprint density at radius 3 is 1.25 bits per heavy atom. The second-order valence-corrected chi connectivity index (χ2v) is 5.92. The molecule has 1 nitrogen and oxygen atoms in total. The van der Waals surface area contributed by atoms with Crippen molar-refractivity contribution in [1.82, 2.24) is 0 Å². The molecule has 0 saturated heterocycles. The molecule has 74 valence electrons. The molecule has 0 spiro atoms. The molecule has 0 radical (unpaired) electrons. The van der Waals surface area contributed by atoms with E-state index < -0.39 is 0 Å². The highest BCUT2D eigenvalue weighted by Gasteiger charge is 2.44. The van der Waals surface area contributed by atoms with E-state index >= 15 is 0 Å². The fraction of sp³-hybridized carbons (Fsp3) is 1.00. The van der Waals surface area contributed by atoms with E-state index in [9.17, 15) is 5.11 Å². The van der Waals surface area contributed by atoms with Crippen LogP contribution in [0.1, 0.15) is 48.5 Å². The molecule has 0 atom stereocenters. The molecule has 0 aromatic carbocycles. The maximum absolute atomic E-state index is 9.29. The molecule has 0 unspecified atom stereocenters. The van der Waals surface area contributed by atoms with Crippen LogP contribution in [0.5, 0.6) is 0 Å². The lowest BCUT2D eigenvalue weighted by Gasteiger charge is -2.50. The molecular formula is C11H24O. The van der Waals surface area contributed by atoms with Crippen molar-refractivity contribution in [2.45, 2.75) is 48.5 Å². The van der Waals surface area contributed by atoms with Crippen molar-refractivity contribution in [2.75, 3.05) is 6.61 Å². The fourth-order valence-electron chi connectivity index (χ4n) is 1.21. The second-order valence-electron chi connectivity index (χ2n) is 5.92. The average Bonchev–Trinajstić information content (AvgIpc) is 1.85. The minimum absolute atomic E-state index is 0.0226. The first-order valence-electron chi connectivity index (χ1n) is 4.67. The molecule has 0 aliphatic carbocycles. The fourth-order valence-corrected chi connectivity index (χ4v) is 1.21. The Kier molecular flexibility index (Phi) is 3.01. The van der Waals surface area contributed by atoms with E-state index in [1.165, 1.54) is 0 Å². The molecule has 0 rings (SSSR count). The van der Waals surface area contributed by atoms with Gasteiger partial charge in [0.25, 0.3) is 0 Å². The molecule has 1 N–H and O–H groups in total. The highest BCUT2D eigenvalue weighted by atomic mass is 16.3. The standard InChI is InChI=1S/C11H24O/c1-9(2,3)11(6,7)10(4,5)8-12/h12H,8H2,1-7H3. The van der Waals surface area contributed by atoms with Gasteiger partial charge in [-0.1, -0.05) is 48.5 Å². The topological polar surface area (TPSA) is 20.2 Å². The van der Waals surface area contributed by atoms with Gasteiger partial charge < -0.3 is 5.11 Å². The van der Waals surface area contributed by atoms with Crippen LogP contribution in [-0.2, 0) is 0 Å². The van der Waals surface area contributed by atoms with E-state index in [4.69, 9.17) is 0 Å². The van der Waals surface area contributed by atoms with Gasteiger partial charge >= 0.3 is 0 Å². The molecule has 0 aliphatic heterocycles. The monoisotopic (exact) mass is 172 g/mol. The molecule has 0 aliphatic rings. The number of rotatable bonds is 2. The number of aliphatic hydroxyl groups is 1. The van der Waals surface area contributed by atoms with Gasteiger partial charge in [-0.25, -0.2) is 0 Å². The van der Waals surface area contributed by atoms with Crippen molar-refractivity contribution in [3.63, 3.8) is 0 Å². The van der Waals surface area contributed by atoms with Crippen molar-refractivity contribution in [3.8, 4) is 0 Å². The predicted octanol–water partition coefficient (Wildman–Crippen LogP) is 3.08. The van der Waals surface area contributed by atoms with E-state index in [2.05, 4.69) is 48.5 Å². The lowest BCUT2D eigenvalue weighted by molar-refractivity contribution is -0.0428. The second kappa shape index (κ2) is 3.02. The van der Waals surface area contributed by atoms with Crippen LogP contribution in [-0.4, -0.2) is 11.7 Å². The molecule has 0 saturated carbocycles. The van der Waals surface area contributed by atoms with Crippen LogP contribution in [0.3, 0.4) is 0 Å². The van der Waals surface area contributed by atoms with Gasteiger partial charge in [0.2, 0.25) is 0 Å². The quantitative estimate of drug-likeness (QED) is 0.678. The average molecular weight is 172 g/mol. The first kappa shape index (κ1) is 12.0. The Morgan fingerprint density at radius 2 is 1.17 bits per heavy atom. The molecule has 0 fully saturated rings. The summed E-state index contributed by atoms with van der Waals surface area (Å²) in [6.07, 6.45) is 0. The van der Waals surface area contributed by atoms with Crippen LogP contribution in [0.4, 0.5) is 0 Å². The summed E-state index contributed by atoms with van der Waals surface area (Å²) < 4.78 is 0. The van der Waals surface area contributed by atoms with Crippen molar-refractivity contribution in [1.29, 1.82) is 0 Å². The molecule has 0 heterocycles. The van der Waals surface area contributed by atoms with Gasteiger partial charge in [0.15, 0.2) is 0 Å². The lowest BCUT2D eigenvalue weighted by Crippen LogP contribution is -2.45. The molecule has 0 bridgehead atoms. The number of aliphatic hydroxyl groups excluding tert-OH is 1. The van der Waals surface area contributed by atoms with Crippen molar-refractivity contribution >= 4 is 0 Å². The van der Waals surface area contributed by atoms with Gasteiger partial charge in [-0.2, -0.15) is 0 Å². The maximum atomic E-state index is 9.29. The maximum Gasteiger partial charge on any atom is 0.0487 e. The van der Waals surface area contributed by atoms with Crippen LogP contribution < -0.4 is 0 Å². The van der Waals surface area contributed by atoms with Crippen molar-refractivity contribution in [2.24, 2.45) is 16.2 Å². The summed E-state index contributed by atoms with van der Waals surface area (Å²) in [6.45, 7) is 15.6. The predicted molar refractivity (Wildman–Crippen MR) is 54.1 cm³/mol. The summed E-state index contributed by atoms with van der Waals surface area (Å²) in [5, 5.41) is 9.29. The van der Waals surface area contributed by atoms with Gasteiger partial charge in [-0.3, -0.25) is 0 Å². The summed E-state index contributed by atoms with van der Waals surface area (Å²) in [5.74, 6) is 0. The molecule has 0 aromatic heterocycles. The van der Waals surface area contributed by atoms with Crippen molar-refractivity contribution < 1.29 is 5.11 Å². The Balaban J connectivity index is 4.85. The van der Waals surface area contributed by atoms with Crippen LogP contribution in [0.25, 0.3) is 0 Å². The van der Waals surface area contributed by atoms with Crippen LogP contribution in [0.2, 0.25) is 0 Å². The summed E-state index contributed by atoms with van der Waals surface area (Å²) in [4.78, 5) is 0. The number of hydrogen-bond acceptors (Lipinski definition) is 1. The zero-order valence-corrected chi connectivity index (χ0v) is 9.65. The third-order valence-corrected chi connectivity index (χ3v) is 3.96.